The molecule has 0 saturated carbocycles. The summed E-state index contributed by atoms with van der Waals surface area (Å²) in [6.07, 6.45) is 0. The number of halogens is 1. The average molecular weight is 348 g/mol. The maximum absolute atomic E-state index is 12.5. The number of rotatable bonds is 4. The number of anilines is 1. The van der Waals surface area contributed by atoms with Gasteiger partial charge in [0, 0.05) is 15.8 Å². The minimum absolute atomic E-state index is 0.236. The van der Waals surface area contributed by atoms with E-state index in [1.807, 2.05) is 18.2 Å². The van der Waals surface area contributed by atoms with Crippen LogP contribution in [-0.4, -0.2) is 20.1 Å². The number of hydrogen-bond acceptors (Lipinski definition) is 4. The molecule has 0 unspecified atom stereocenters. The molecule has 1 heterocycles. The minimum Gasteiger partial charge on any atom is -0.497 e. The number of carbonyl (C=O) groups is 1. The Kier molecular flexibility index (Phi) is 4.41. The number of nitrogens with one attached hydrogen (secondary N) is 1. The van der Waals surface area contributed by atoms with Crippen LogP contribution in [0.25, 0.3) is 10.1 Å². The lowest BCUT2D eigenvalue weighted by atomic mass is 10.2. The van der Waals surface area contributed by atoms with Crippen molar-refractivity contribution >= 4 is 44.6 Å². The van der Waals surface area contributed by atoms with Crippen molar-refractivity contribution in [3.63, 3.8) is 0 Å². The molecule has 0 aliphatic carbocycles. The SMILES string of the molecule is COc1ccc(NC(=O)c2sc3cc(OC)ccc3c2Cl)cc1. The second-order valence-corrected chi connectivity index (χ2v) is 6.22. The molecule has 0 aliphatic heterocycles. The monoisotopic (exact) mass is 347 g/mol. The predicted octanol–water partition coefficient (Wildman–Crippen LogP) is 4.82. The standard InChI is InChI=1S/C17H14ClNO3S/c1-21-11-5-3-10(4-6-11)19-17(20)16-15(18)13-8-7-12(22-2)9-14(13)23-16/h3-9H,1-2H3,(H,19,20). The van der Waals surface area contributed by atoms with Crippen molar-refractivity contribution < 1.29 is 14.3 Å². The van der Waals surface area contributed by atoms with Gasteiger partial charge in [-0.1, -0.05) is 11.6 Å². The van der Waals surface area contributed by atoms with Gasteiger partial charge in [-0.2, -0.15) is 0 Å². The van der Waals surface area contributed by atoms with Crippen molar-refractivity contribution in [2.75, 3.05) is 19.5 Å². The van der Waals surface area contributed by atoms with Gasteiger partial charge in [-0.05, 0) is 42.5 Å². The maximum atomic E-state index is 12.5. The smallest absolute Gasteiger partial charge is 0.267 e. The molecule has 1 N–H and O–H groups in total. The van der Waals surface area contributed by atoms with Gasteiger partial charge >= 0.3 is 0 Å². The van der Waals surface area contributed by atoms with E-state index in [-0.39, 0.29) is 5.91 Å². The van der Waals surface area contributed by atoms with Crippen LogP contribution in [-0.2, 0) is 0 Å². The highest BCUT2D eigenvalue weighted by Gasteiger charge is 2.17. The third-order valence-corrected chi connectivity index (χ3v) is 5.05. The van der Waals surface area contributed by atoms with Gasteiger partial charge in [0.25, 0.3) is 5.91 Å². The molecule has 0 fully saturated rings. The topological polar surface area (TPSA) is 47.6 Å². The summed E-state index contributed by atoms with van der Waals surface area (Å²) < 4.78 is 11.2. The fraction of sp³-hybridized carbons (Fsp3) is 0.118. The van der Waals surface area contributed by atoms with Crippen LogP contribution in [0.5, 0.6) is 11.5 Å². The zero-order chi connectivity index (χ0) is 16.4. The highest BCUT2D eigenvalue weighted by atomic mass is 35.5. The number of amides is 1. The lowest BCUT2D eigenvalue weighted by molar-refractivity contribution is 0.103. The van der Waals surface area contributed by atoms with Crippen LogP contribution in [0.2, 0.25) is 5.02 Å². The number of carbonyl (C=O) groups excluding carboxylic acids is 1. The molecule has 2 aromatic carbocycles. The van der Waals surface area contributed by atoms with Crippen molar-refractivity contribution in [2.45, 2.75) is 0 Å². The van der Waals surface area contributed by atoms with Gasteiger partial charge in [0.2, 0.25) is 0 Å². The highest BCUT2D eigenvalue weighted by Crippen LogP contribution is 2.37. The number of benzene rings is 2. The zero-order valence-corrected chi connectivity index (χ0v) is 14.1. The molecule has 0 atom stereocenters. The molecule has 0 radical (unpaired) electrons. The van der Waals surface area contributed by atoms with Gasteiger partial charge in [0.05, 0.1) is 19.2 Å². The zero-order valence-electron chi connectivity index (χ0n) is 12.6. The summed E-state index contributed by atoms with van der Waals surface area (Å²) in [5.74, 6) is 1.23. The number of fused-ring (bicyclic) bond motifs is 1. The number of ether oxygens (including phenoxy) is 2. The van der Waals surface area contributed by atoms with Crippen molar-refractivity contribution in [2.24, 2.45) is 0 Å². The summed E-state index contributed by atoms with van der Waals surface area (Å²) in [5.41, 5.74) is 0.682. The summed E-state index contributed by atoms with van der Waals surface area (Å²) in [4.78, 5) is 12.9. The molecule has 0 aliphatic rings. The van der Waals surface area contributed by atoms with Crippen molar-refractivity contribution in [1.82, 2.24) is 0 Å². The molecule has 0 saturated heterocycles. The molecule has 0 bridgehead atoms. The van der Waals surface area contributed by atoms with Crippen molar-refractivity contribution in [1.29, 1.82) is 0 Å². The number of methoxy groups -OCH3 is 2. The van der Waals surface area contributed by atoms with E-state index in [1.54, 1.807) is 38.5 Å². The molecule has 118 valence electrons. The fourth-order valence-corrected chi connectivity index (χ4v) is 3.62. The van der Waals surface area contributed by atoms with Crippen LogP contribution in [0.4, 0.5) is 5.69 Å². The van der Waals surface area contributed by atoms with Gasteiger partial charge in [-0.25, -0.2) is 0 Å². The van der Waals surface area contributed by atoms with Crippen LogP contribution >= 0.6 is 22.9 Å². The summed E-state index contributed by atoms with van der Waals surface area (Å²) in [6.45, 7) is 0. The van der Waals surface area contributed by atoms with Crippen molar-refractivity contribution in [3.05, 3.63) is 52.4 Å². The Labute approximate surface area is 142 Å². The van der Waals surface area contributed by atoms with Gasteiger partial charge in [-0.3, -0.25) is 4.79 Å². The van der Waals surface area contributed by atoms with E-state index in [0.717, 1.165) is 21.6 Å². The Balaban J connectivity index is 1.89. The van der Waals surface area contributed by atoms with Crippen molar-refractivity contribution in [3.8, 4) is 11.5 Å². The first-order valence-electron chi connectivity index (χ1n) is 6.84. The van der Waals surface area contributed by atoms with E-state index in [2.05, 4.69) is 5.32 Å². The number of thiophene rings is 1. The Hall–Kier alpha value is -2.24. The first kappa shape index (κ1) is 15.6. The molecule has 1 aromatic heterocycles. The molecular weight excluding hydrogens is 334 g/mol. The largest absolute Gasteiger partial charge is 0.497 e. The van der Waals surface area contributed by atoms with Crippen LogP contribution in [0.1, 0.15) is 9.67 Å². The Morgan fingerprint density at radius 3 is 2.35 bits per heavy atom. The normalized spacial score (nSPS) is 10.6. The summed E-state index contributed by atoms with van der Waals surface area (Å²) in [6, 6.07) is 12.7. The highest BCUT2D eigenvalue weighted by molar-refractivity contribution is 7.21. The summed E-state index contributed by atoms with van der Waals surface area (Å²) >= 11 is 7.69. The first-order chi connectivity index (χ1) is 11.1. The minimum atomic E-state index is -0.236. The molecule has 3 rings (SSSR count). The lowest BCUT2D eigenvalue weighted by Gasteiger charge is -2.05. The van der Waals surface area contributed by atoms with E-state index in [4.69, 9.17) is 21.1 Å². The second-order valence-electron chi connectivity index (χ2n) is 4.79. The second kappa shape index (κ2) is 6.48. The molecule has 3 aromatic rings. The quantitative estimate of drug-likeness (QED) is 0.735. The van der Waals surface area contributed by atoms with E-state index >= 15 is 0 Å². The molecule has 4 nitrogen and oxygen atoms in total. The molecule has 6 heteroatoms. The van der Waals surface area contributed by atoms with Gasteiger partial charge < -0.3 is 14.8 Å². The first-order valence-corrected chi connectivity index (χ1v) is 8.03. The van der Waals surface area contributed by atoms with Gasteiger partial charge in [0.15, 0.2) is 0 Å². The van der Waals surface area contributed by atoms with E-state index < -0.39 is 0 Å². The summed E-state index contributed by atoms with van der Waals surface area (Å²) in [7, 11) is 3.20. The van der Waals surface area contributed by atoms with E-state index in [0.29, 0.717) is 15.6 Å². The molecule has 0 spiro atoms. The van der Waals surface area contributed by atoms with Crippen LogP contribution in [0.15, 0.2) is 42.5 Å². The number of hydrogen-bond donors (Lipinski definition) is 1. The summed E-state index contributed by atoms with van der Waals surface area (Å²) in [5, 5.41) is 4.14. The van der Waals surface area contributed by atoms with Gasteiger partial charge in [0.1, 0.15) is 16.4 Å². The third-order valence-electron chi connectivity index (χ3n) is 3.39. The van der Waals surface area contributed by atoms with E-state index in [9.17, 15) is 4.79 Å². The molecule has 23 heavy (non-hydrogen) atoms. The van der Waals surface area contributed by atoms with Crippen LogP contribution in [0.3, 0.4) is 0 Å². The fourth-order valence-electron chi connectivity index (χ4n) is 2.18. The lowest BCUT2D eigenvalue weighted by Crippen LogP contribution is -2.10. The predicted molar refractivity (Wildman–Crippen MR) is 94.3 cm³/mol. The average Bonchev–Trinajstić information content (AvgIpc) is 2.92. The third kappa shape index (κ3) is 3.11. The Morgan fingerprint density at radius 2 is 1.70 bits per heavy atom. The van der Waals surface area contributed by atoms with E-state index in [1.165, 1.54) is 11.3 Å². The van der Waals surface area contributed by atoms with Gasteiger partial charge in [-0.15, -0.1) is 11.3 Å². The molecular formula is C17H14ClNO3S. The Bertz CT molecular complexity index is 858. The van der Waals surface area contributed by atoms with Crippen LogP contribution < -0.4 is 14.8 Å². The molecule has 1 amide bonds. The van der Waals surface area contributed by atoms with Crippen LogP contribution in [0, 0.1) is 0 Å². The Morgan fingerprint density at radius 1 is 1.04 bits per heavy atom. The maximum Gasteiger partial charge on any atom is 0.267 e.